The SMILES string of the molecule is C=C(C)C(=O)Oc1cccc(Cc2nc(Cc3cccc(Cc4cc(Nc5cccc(OC(=O)C(=C)C)c5)cc(Nc5ncnc(Nc6cccc(OC(=O)C(=C)C)c6)n5)c4)c3)nc(Nc3cccc(OC(=O)C(=C)C)c3)n2)c1. The normalized spacial score (nSPS) is 10.6. The van der Waals surface area contributed by atoms with Crippen LogP contribution in [0, 0.1) is 0 Å². The topological polar surface area (TPSA) is 231 Å². The van der Waals surface area contributed by atoms with Gasteiger partial charge in [-0.2, -0.15) is 15.0 Å². The molecule has 0 spiro atoms. The molecule has 0 unspecified atom stereocenters. The molecular formula is C61H54N10O8. The monoisotopic (exact) mass is 1050 g/mol. The Labute approximate surface area is 456 Å². The van der Waals surface area contributed by atoms with Gasteiger partial charge >= 0.3 is 23.9 Å². The van der Waals surface area contributed by atoms with E-state index in [2.05, 4.69) is 68.6 Å². The number of hydrogen-bond acceptors (Lipinski definition) is 18. The second kappa shape index (κ2) is 25.3. The molecule has 0 saturated heterocycles. The first-order valence-corrected chi connectivity index (χ1v) is 24.6. The van der Waals surface area contributed by atoms with Crippen molar-refractivity contribution in [3.8, 4) is 23.0 Å². The van der Waals surface area contributed by atoms with E-state index in [-0.39, 0.29) is 46.6 Å². The Bertz CT molecular complexity index is 3600. The number of carbonyl (C=O) groups excluding carboxylic acids is 4. The predicted octanol–water partition coefficient (Wildman–Crippen LogP) is 11.7. The molecule has 0 fully saturated rings. The zero-order valence-electron chi connectivity index (χ0n) is 43.8. The van der Waals surface area contributed by atoms with Crippen LogP contribution in [0.15, 0.2) is 194 Å². The Balaban J connectivity index is 1.07. The molecule has 79 heavy (non-hydrogen) atoms. The maximum Gasteiger partial charge on any atom is 0.338 e. The lowest BCUT2D eigenvalue weighted by Gasteiger charge is -2.14. The first-order valence-electron chi connectivity index (χ1n) is 24.6. The maximum atomic E-state index is 12.4. The van der Waals surface area contributed by atoms with Crippen molar-refractivity contribution in [3.05, 3.63) is 228 Å². The van der Waals surface area contributed by atoms with Crippen LogP contribution in [0.2, 0.25) is 0 Å². The summed E-state index contributed by atoms with van der Waals surface area (Å²) in [4.78, 5) is 77.0. The van der Waals surface area contributed by atoms with Crippen LogP contribution in [0.1, 0.15) is 61.6 Å². The highest BCUT2D eigenvalue weighted by molar-refractivity contribution is 5.90. The fourth-order valence-corrected chi connectivity index (χ4v) is 7.45. The van der Waals surface area contributed by atoms with Crippen molar-refractivity contribution < 1.29 is 38.1 Å². The summed E-state index contributed by atoms with van der Waals surface area (Å²) in [7, 11) is 0. The smallest absolute Gasteiger partial charge is 0.338 e. The molecule has 2 heterocycles. The minimum atomic E-state index is -0.554. The molecule has 4 N–H and O–H groups in total. The zero-order valence-corrected chi connectivity index (χ0v) is 43.8. The van der Waals surface area contributed by atoms with E-state index in [0.29, 0.717) is 75.9 Å². The largest absolute Gasteiger partial charge is 0.423 e. The molecule has 0 bridgehead atoms. The minimum absolute atomic E-state index is 0.230. The molecule has 396 valence electrons. The van der Waals surface area contributed by atoms with Gasteiger partial charge in [0.1, 0.15) is 41.0 Å². The van der Waals surface area contributed by atoms with Crippen LogP contribution in [-0.4, -0.2) is 53.8 Å². The van der Waals surface area contributed by atoms with Crippen molar-refractivity contribution in [2.75, 3.05) is 21.3 Å². The molecule has 8 aromatic rings. The van der Waals surface area contributed by atoms with Gasteiger partial charge in [0.05, 0.1) is 0 Å². The Morgan fingerprint density at radius 3 is 1.20 bits per heavy atom. The number of benzene rings is 6. The van der Waals surface area contributed by atoms with Crippen molar-refractivity contribution in [2.45, 2.75) is 47.0 Å². The zero-order chi connectivity index (χ0) is 56.0. The number of carbonyl (C=O) groups is 4. The van der Waals surface area contributed by atoms with Crippen LogP contribution in [0.5, 0.6) is 23.0 Å². The summed E-state index contributed by atoms with van der Waals surface area (Å²) in [6, 6.07) is 41.7. The third-order valence-corrected chi connectivity index (χ3v) is 11.1. The second-order valence-corrected chi connectivity index (χ2v) is 18.3. The standard InChI is InChI=1S/C61H54N10O8/c1-36(2)55(72)76-49-20-10-16-42(28-49)30-54-68-53(69-61(70-54)66-46-19-13-23-52(34-46)79-58(75)39(7)8)29-41-15-9-14-40(24-41)25-43-26-47(64-44-17-11-21-50(32-44)77-56(73)37(3)4)31-48(27-43)67-60-63-35-62-59(71-60)65-45-18-12-22-51(33-45)78-57(74)38(5)6/h9-24,26-28,31-35,64H,1,3,5,7,25,29-30H2,2,4,6,8H3,(H,66,68,69,70)(H2,62,63,65,67,71). The van der Waals surface area contributed by atoms with E-state index in [1.165, 1.54) is 6.33 Å². The molecule has 0 aliphatic rings. The highest BCUT2D eigenvalue weighted by atomic mass is 16.5. The fourth-order valence-electron chi connectivity index (χ4n) is 7.45. The number of nitrogens with one attached hydrogen (secondary N) is 4. The highest BCUT2D eigenvalue weighted by Crippen LogP contribution is 2.30. The molecule has 0 amide bonds. The van der Waals surface area contributed by atoms with E-state index in [1.54, 1.807) is 113 Å². The Kier molecular flexibility index (Phi) is 17.5. The molecule has 0 aliphatic carbocycles. The minimum Gasteiger partial charge on any atom is -0.423 e. The van der Waals surface area contributed by atoms with E-state index in [4.69, 9.17) is 33.9 Å². The van der Waals surface area contributed by atoms with E-state index < -0.39 is 23.9 Å². The van der Waals surface area contributed by atoms with Crippen LogP contribution < -0.4 is 40.2 Å². The summed E-state index contributed by atoms with van der Waals surface area (Å²) < 4.78 is 21.9. The number of aromatic nitrogens is 6. The average molecular weight is 1060 g/mol. The van der Waals surface area contributed by atoms with Crippen molar-refractivity contribution in [1.29, 1.82) is 0 Å². The van der Waals surface area contributed by atoms with Crippen LogP contribution in [0.4, 0.5) is 46.3 Å². The van der Waals surface area contributed by atoms with Gasteiger partial charge in [-0.25, -0.2) is 34.1 Å². The van der Waals surface area contributed by atoms with Gasteiger partial charge in [0.25, 0.3) is 0 Å². The lowest BCUT2D eigenvalue weighted by molar-refractivity contribution is -0.130. The van der Waals surface area contributed by atoms with Crippen molar-refractivity contribution in [2.24, 2.45) is 0 Å². The molecule has 18 nitrogen and oxygen atoms in total. The third-order valence-electron chi connectivity index (χ3n) is 11.1. The maximum absolute atomic E-state index is 12.4. The van der Waals surface area contributed by atoms with Gasteiger partial charge in [-0.3, -0.25) is 0 Å². The second-order valence-electron chi connectivity index (χ2n) is 18.3. The molecule has 2 aromatic heterocycles. The summed E-state index contributed by atoms with van der Waals surface area (Å²) in [6.07, 6.45) is 2.45. The Morgan fingerprint density at radius 1 is 0.367 bits per heavy atom. The molecule has 8 rings (SSSR count). The van der Waals surface area contributed by atoms with Gasteiger partial charge < -0.3 is 40.2 Å². The lowest BCUT2D eigenvalue weighted by atomic mass is 10.0. The first kappa shape index (κ1) is 54.6. The lowest BCUT2D eigenvalue weighted by Crippen LogP contribution is -2.10. The van der Waals surface area contributed by atoms with E-state index in [0.717, 1.165) is 22.3 Å². The van der Waals surface area contributed by atoms with E-state index >= 15 is 0 Å². The number of anilines is 8. The van der Waals surface area contributed by atoms with E-state index in [9.17, 15) is 19.2 Å². The van der Waals surface area contributed by atoms with Gasteiger partial charge in [0.15, 0.2) is 0 Å². The summed E-state index contributed by atoms with van der Waals surface area (Å²) in [6.45, 7) is 21.0. The summed E-state index contributed by atoms with van der Waals surface area (Å²) in [5.41, 5.74) is 7.79. The van der Waals surface area contributed by atoms with Gasteiger partial charge in [0.2, 0.25) is 17.8 Å². The van der Waals surface area contributed by atoms with Crippen molar-refractivity contribution >= 4 is 70.2 Å². The van der Waals surface area contributed by atoms with Crippen LogP contribution in [0.25, 0.3) is 0 Å². The van der Waals surface area contributed by atoms with Crippen LogP contribution >= 0.6 is 0 Å². The summed E-state index contributed by atoms with van der Waals surface area (Å²) in [5, 5.41) is 13.2. The fraction of sp³-hybridized carbons (Fsp3) is 0.115. The van der Waals surface area contributed by atoms with E-state index in [1.807, 2.05) is 48.5 Å². The first-order chi connectivity index (χ1) is 37.9. The summed E-state index contributed by atoms with van der Waals surface area (Å²) >= 11 is 0. The highest BCUT2D eigenvalue weighted by Gasteiger charge is 2.15. The van der Waals surface area contributed by atoms with Crippen LogP contribution in [-0.2, 0) is 38.4 Å². The van der Waals surface area contributed by atoms with Gasteiger partial charge in [-0.05, 0) is 123 Å². The number of esters is 4. The molecule has 18 heteroatoms. The van der Waals surface area contributed by atoms with Gasteiger partial charge in [-0.15, -0.1) is 0 Å². The Hall–Kier alpha value is -10.6. The molecule has 0 aliphatic heterocycles. The predicted molar refractivity (Wildman–Crippen MR) is 302 cm³/mol. The molecule has 0 radical (unpaired) electrons. The van der Waals surface area contributed by atoms with Gasteiger partial charge in [-0.1, -0.05) is 80.9 Å². The average Bonchev–Trinajstić information content (AvgIpc) is 3.41. The van der Waals surface area contributed by atoms with Crippen molar-refractivity contribution in [1.82, 2.24) is 29.9 Å². The molecule has 0 saturated carbocycles. The Morgan fingerprint density at radius 2 is 0.734 bits per heavy atom. The summed E-state index contributed by atoms with van der Waals surface area (Å²) in [5.74, 6) is 0.787. The molecular weight excluding hydrogens is 1000 g/mol. The number of ether oxygens (including phenoxy) is 4. The quantitative estimate of drug-likeness (QED) is 0.0281. The van der Waals surface area contributed by atoms with Gasteiger partial charge in [0, 0.05) is 81.8 Å². The third kappa shape index (κ3) is 16.2. The molecule has 6 aromatic carbocycles. The number of rotatable bonds is 22. The van der Waals surface area contributed by atoms with Crippen molar-refractivity contribution in [3.63, 3.8) is 0 Å². The number of hydrogen-bond donors (Lipinski definition) is 4. The van der Waals surface area contributed by atoms with Crippen LogP contribution in [0.3, 0.4) is 0 Å². The molecule has 0 atom stereocenters. The number of nitrogens with zero attached hydrogens (tertiary/aromatic N) is 6.